The first-order valence-electron chi connectivity index (χ1n) is 6.12. The summed E-state index contributed by atoms with van der Waals surface area (Å²) >= 11 is 11.8. The molecule has 2 aromatic rings. The molecule has 0 aliphatic rings. The minimum Gasteiger partial charge on any atom is -0.508 e. The highest BCUT2D eigenvalue weighted by Gasteiger charge is 2.12. The average Bonchev–Trinajstić information content (AvgIpc) is 2.35. The van der Waals surface area contributed by atoms with E-state index in [-0.39, 0.29) is 27.6 Å². The number of phenols is 2. The first kappa shape index (κ1) is 14.8. The average molecular weight is 312 g/mol. The van der Waals surface area contributed by atoms with Crippen molar-refractivity contribution < 1.29 is 10.2 Å². The number of aromatic hydroxyl groups is 2. The molecule has 1 atom stereocenters. The van der Waals surface area contributed by atoms with Gasteiger partial charge in [-0.05, 0) is 37.6 Å². The lowest BCUT2D eigenvalue weighted by Gasteiger charge is -2.18. The van der Waals surface area contributed by atoms with Gasteiger partial charge in [-0.3, -0.25) is 0 Å². The fourth-order valence-electron chi connectivity index (χ4n) is 2.00. The Balaban J connectivity index is 2.25. The Morgan fingerprint density at radius 2 is 1.65 bits per heavy atom. The van der Waals surface area contributed by atoms with E-state index in [1.807, 2.05) is 26.0 Å². The topological polar surface area (TPSA) is 52.5 Å². The molecule has 0 amide bonds. The first-order valence-corrected chi connectivity index (χ1v) is 6.88. The van der Waals surface area contributed by atoms with Crippen LogP contribution >= 0.6 is 23.2 Å². The van der Waals surface area contributed by atoms with E-state index in [2.05, 4.69) is 5.32 Å². The number of phenolic OH excluding ortho intramolecular Hbond substituents is 2. The van der Waals surface area contributed by atoms with Gasteiger partial charge in [0, 0.05) is 11.3 Å². The summed E-state index contributed by atoms with van der Waals surface area (Å²) in [6.07, 6.45) is 0. The number of benzene rings is 2. The van der Waals surface area contributed by atoms with Crippen LogP contribution in [0.4, 0.5) is 5.69 Å². The Kier molecular flexibility index (Phi) is 4.31. The molecule has 20 heavy (non-hydrogen) atoms. The van der Waals surface area contributed by atoms with Gasteiger partial charge in [-0.25, -0.2) is 0 Å². The smallest absolute Gasteiger partial charge is 0.152 e. The highest BCUT2D eigenvalue weighted by Crippen LogP contribution is 2.36. The Morgan fingerprint density at radius 1 is 1.05 bits per heavy atom. The molecule has 0 aliphatic carbocycles. The zero-order valence-electron chi connectivity index (χ0n) is 11.1. The van der Waals surface area contributed by atoms with Crippen LogP contribution in [0.3, 0.4) is 0 Å². The van der Waals surface area contributed by atoms with Crippen LogP contribution in [-0.2, 0) is 0 Å². The van der Waals surface area contributed by atoms with E-state index >= 15 is 0 Å². The normalized spacial score (nSPS) is 12.2. The van der Waals surface area contributed by atoms with E-state index in [1.54, 1.807) is 18.2 Å². The molecule has 0 aliphatic heterocycles. The van der Waals surface area contributed by atoms with Crippen LogP contribution in [0.1, 0.15) is 24.1 Å². The standard InChI is InChI=1S/C15H15Cl2NO2/c1-8-3-4-11(14(19)5-8)9(2)18-10-6-12(16)15(20)13(17)7-10/h3-7,9,18-20H,1-2H3. The van der Waals surface area contributed by atoms with Gasteiger partial charge >= 0.3 is 0 Å². The van der Waals surface area contributed by atoms with Crippen molar-refractivity contribution in [1.29, 1.82) is 0 Å². The molecule has 0 saturated carbocycles. The molecule has 1 unspecified atom stereocenters. The predicted molar refractivity (Wildman–Crippen MR) is 83.0 cm³/mol. The van der Waals surface area contributed by atoms with Gasteiger partial charge < -0.3 is 15.5 Å². The summed E-state index contributed by atoms with van der Waals surface area (Å²) in [5.74, 6) is 0.102. The molecule has 0 spiro atoms. The molecule has 3 nitrogen and oxygen atoms in total. The third-order valence-electron chi connectivity index (χ3n) is 3.05. The maximum Gasteiger partial charge on any atom is 0.152 e. The predicted octanol–water partition coefficient (Wildman–Crippen LogP) is 4.89. The molecule has 2 aromatic carbocycles. The van der Waals surface area contributed by atoms with E-state index in [0.29, 0.717) is 5.69 Å². The van der Waals surface area contributed by atoms with Crippen LogP contribution < -0.4 is 5.32 Å². The van der Waals surface area contributed by atoms with Crippen LogP contribution in [-0.4, -0.2) is 10.2 Å². The Bertz CT molecular complexity index is 621. The molecule has 2 rings (SSSR count). The maximum atomic E-state index is 9.96. The van der Waals surface area contributed by atoms with Crippen molar-refractivity contribution in [1.82, 2.24) is 0 Å². The van der Waals surface area contributed by atoms with Crippen LogP contribution in [0.5, 0.6) is 11.5 Å². The number of anilines is 1. The van der Waals surface area contributed by atoms with Gasteiger partial charge in [0.25, 0.3) is 0 Å². The number of hydrogen-bond acceptors (Lipinski definition) is 3. The lowest BCUT2D eigenvalue weighted by atomic mass is 10.0. The minimum atomic E-state index is -0.135. The quantitative estimate of drug-likeness (QED) is 0.708. The molecule has 0 fully saturated rings. The molecule has 3 N–H and O–H groups in total. The summed E-state index contributed by atoms with van der Waals surface area (Å²) in [7, 11) is 0. The van der Waals surface area contributed by atoms with Gasteiger partial charge in [-0.1, -0.05) is 35.3 Å². The molecular weight excluding hydrogens is 297 g/mol. The molecule has 0 radical (unpaired) electrons. The van der Waals surface area contributed by atoms with Gasteiger partial charge in [0.2, 0.25) is 0 Å². The second-order valence-corrected chi connectivity index (χ2v) is 5.53. The van der Waals surface area contributed by atoms with E-state index < -0.39 is 0 Å². The number of hydrogen-bond donors (Lipinski definition) is 3. The second-order valence-electron chi connectivity index (χ2n) is 4.72. The number of halogens is 2. The summed E-state index contributed by atoms with van der Waals surface area (Å²) in [4.78, 5) is 0. The van der Waals surface area contributed by atoms with Crippen LogP contribution in [0.25, 0.3) is 0 Å². The summed E-state index contributed by atoms with van der Waals surface area (Å²) in [6, 6.07) is 8.56. The van der Waals surface area contributed by atoms with Crippen molar-refractivity contribution in [2.45, 2.75) is 19.9 Å². The molecule has 0 saturated heterocycles. The summed E-state index contributed by atoms with van der Waals surface area (Å²) < 4.78 is 0. The van der Waals surface area contributed by atoms with Gasteiger partial charge in [-0.2, -0.15) is 0 Å². The Hall–Kier alpha value is -1.58. The highest BCUT2D eigenvalue weighted by atomic mass is 35.5. The van der Waals surface area contributed by atoms with Crippen LogP contribution in [0.2, 0.25) is 10.0 Å². The van der Waals surface area contributed by atoms with Crippen molar-refractivity contribution in [3.05, 3.63) is 51.5 Å². The van der Waals surface area contributed by atoms with Crippen molar-refractivity contribution in [3.63, 3.8) is 0 Å². The molecule has 0 aromatic heterocycles. The van der Waals surface area contributed by atoms with Crippen molar-refractivity contribution >= 4 is 28.9 Å². The summed E-state index contributed by atoms with van der Waals surface area (Å²) in [6.45, 7) is 3.83. The summed E-state index contributed by atoms with van der Waals surface area (Å²) in [5.41, 5.74) is 2.44. The molecule has 5 heteroatoms. The second kappa shape index (κ2) is 5.81. The zero-order valence-corrected chi connectivity index (χ0v) is 12.6. The number of rotatable bonds is 3. The Labute approximate surface area is 127 Å². The molecule has 106 valence electrons. The van der Waals surface area contributed by atoms with Crippen molar-refractivity contribution in [3.8, 4) is 11.5 Å². The number of aryl methyl sites for hydroxylation is 1. The van der Waals surface area contributed by atoms with Gasteiger partial charge in [0.05, 0.1) is 16.1 Å². The van der Waals surface area contributed by atoms with Gasteiger partial charge in [0.15, 0.2) is 5.75 Å². The van der Waals surface area contributed by atoms with Crippen LogP contribution in [0, 0.1) is 6.92 Å². The van der Waals surface area contributed by atoms with Gasteiger partial charge in [0.1, 0.15) is 5.75 Å². The third kappa shape index (κ3) is 3.11. The van der Waals surface area contributed by atoms with Crippen molar-refractivity contribution in [2.75, 3.05) is 5.32 Å². The fraction of sp³-hybridized carbons (Fsp3) is 0.200. The summed E-state index contributed by atoms with van der Waals surface area (Å²) in [5, 5.41) is 23.0. The lowest BCUT2D eigenvalue weighted by Crippen LogP contribution is -2.07. The SMILES string of the molecule is Cc1ccc(C(C)Nc2cc(Cl)c(O)c(Cl)c2)c(O)c1. The minimum absolute atomic E-state index is 0.132. The van der Waals surface area contributed by atoms with Gasteiger partial charge in [-0.15, -0.1) is 0 Å². The monoisotopic (exact) mass is 311 g/mol. The largest absolute Gasteiger partial charge is 0.508 e. The fourth-order valence-corrected chi connectivity index (χ4v) is 2.48. The highest BCUT2D eigenvalue weighted by molar-refractivity contribution is 6.37. The van der Waals surface area contributed by atoms with E-state index in [4.69, 9.17) is 23.2 Å². The Morgan fingerprint density at radius 3 is 2.20 bits per heavy atom. The molecular formula is C15H15Cl2NO2. The molecule has 0 bridgehead atoms. The van der Waals surface area contributed by atoms with Crippen LogP contribution in [0.15, 0.2) is 30.3 Å². The van der Waals surface area contributed by atoms with Crippen molar-refractivity contribution in [2.24, 2.45) is 0 Å². The lowest BCUT2D eigenvalue weighted by molar-refractivity contribution is 0.465. The number of nitrogens with one attached hydrogen (secondary N) is 1. The van der Waals surface area contributed by atoms with E-state index in [0.717, 1.165) is 11.1 Å². The zero-order chi connectivity index (χ0) is 14.9. The maximum absolute atomic E-state index is 9.96. The molecule has 0 heterocycles. The van der Waals surface area contributed by atoms with E-state index in [9.17, 15) is 10.2 Å². The van der Waals surface area contributed by atoms with E-state index in [1.165, 1.54) is 0 Å². The first-order chi connectivity index (χ1) is 9.38. The third-order valence-corrected chi connectivity index (χ3v) is 3.63.